The summed E-state index contributed by atoms with van der Waals surface area (Å²) in [6, 6.07) is 1.91. The minimum atomic E-state index is 0.838. The van der Waals surface area contributed by atoms with Crippen molar-refractivity contribution in [1.29, 1.82) is 0 Å². The molecule has 0 spiro atoms. The van der Waals surface area contributed by atoms with Crippen LogP contribution < -0.4 is 0 Å². The predicted octanol–water partition coefficient (Wildman–Crippen LogP) is 1.17. The van der Waals surface area contributed by atoms with Gasteiger partial charge in [0.1, 0.15) is 5.94 Å². The summed E-state index contributed by atoms with van der Waals surface area (Å²) < 4.78 is 0. The molecule has 46 valence electrons. The molecule has 1 aromatic heterocycles. The lowest BCUT2D eigenvalue weighted by atomic mass is 10.3. The Hall–Kier alpha value is -1.27. The monoisotopic (exact) mass is 121 g/mol. The van der Waals surface area contributed by atoms with Crippen molar-refractivity contribution in [1.82, 2.24) is 4.98 Å². The largest absolute Gasteiger partial charge is 0.361 e. The molecular weight excluding hydrogens is 114 g/mol. The average molecular weight is 121 g/mol. The second kappa shape index (κ2) is 2.33. The van der Waals surface area contributed by atoms with E-state index in [4.69, 9.17) is 0 Å². The molecule has 0 radical (unpaired) electrons. The zero-order valence-electron chi connectivity index (χ0n) is 5.14. The third kappa shape index (κ3) is 1.09. The molecule has 1 rings (SSSR count). The minimum Gasteiger partial charge on any atom is -0.361 e. The van der Waals surface area contributed by atoms with Crippen LogP contribution in [0.3, 0.4) is 0 Å². The molecule has 0 aliphatic rings. The molecule has 0 bridgehead atoms. The van der Waals surface area contributed by atoms with Crippen molar-refractivity contribution < 1.29 is 4.79 Å². The van der Waals surface area contributed by atoms with E-state index in [0.717, 1.165) is 11.3 Å². The van der Waals surface area contributed by atoms with Gasteiger partial charge in [0.05, 0.1) is 5.69 Å². The molecule has 0 amide bonds. The van der Waals surface area contributed by atoms with Gasteiger partial charge in [0.25, 0.3) is 0 Å². The predicted molar refractivity (Wildman–Crippen MR) is 35.7 cm³/mol. The van der Waals surface area contributed by atoms with Gasteiger partial charge in [0, 0.05) is 12.3 Å². The van der Waals surface area contributed by atoms with Crippen molar-refractivity contribution >= 4 is 12.0 Å². The first-order chi connectivity index (χ1) is 4.34. The molecule has 1 heterocycles. The molecule has 2 heteroatoms. The van der Waals surface area contributed by atoms with Crippen LogP contribution in [0.1, 0.15) is 11.3 Å². The van der Waals surface area contributed by atoms with Crippen molar-refractivity contribution in [2.75, 3.05) is 0 Å². The molecule has 1 N–H and O–H groups in total. The lowest BCUT2D eigenvalue weighted by Crippen LogP contribution is -1.72. The lowest BCUT2D eigenvalue weighted by molar-refractivity contribution is 0.570. The lowest BCUT2D eigenvalue weighted by Gasteiger charge is -1.82. The molecule has 1 aromatic rings. The molecule has 0 aromatic carbocycles. The summed E-state index contributed by atoms with van der Waals surface area (Å²) in [5.41, 5.74) is 1.91. The Morgan fingerprint density at radius 3 is 3.00 bits per heavy atom. The highest BCUT2D eigenvalue weighted by Gasteiger charge is 1.90. The molecule has 0 saturated heterocycles. The van der Waals surface area contributed by atoms with Crippen LogP contribution in [0.4, 0.5) is 0 Å². The molecule has 0 atom stereocenters. The smallest absolute Gasteiger partial charge is 0.126 e. The maximum atomic E-state index is 9.82. The van der Waals surface area contributed by atoms with Gasteiger partial charge < -0.3 is 4.98 Å². The fourth-order valence-corrected chi connectivity index (χ4v) is 0.674. The molecule has 0 unspecified atom stereocenters. The first-order valence-electron chi connectivity index (χ1n) is 2.69. The Morgan fingerprint density at radius 1 is 1.78 bits per heavy atom. The van der Waals surface area contributed by atoms with Crippen molar-refractivity contribution in [3.8, 4) is 0 Å². The van der Waals surface area contributed by atoms with Gasteiger partial charge in [-0.25, -0.2) is 4.79 Å². The number of rotatable bonds is 1. The van der Waals surface area contributed by atoms with E-state index in [1.54, 1.807) is 12.1 Å². The van der Waals surface area contributed by atoms with Crippen molar-refractivity contribution in [3.05, 3.63) is 23.5 Å². The van der Waals surface area contributed by atoms with E-state index >= 15 is 0 Å². The Morgan fingerprint density at radius 2 is 2.56 bits per heavy atom. The number of H-pyrrole nitrogens is 1. The normalized spacial score (nSPS) is 8.56. The van der Waals surface area contributed by atoms with E-state index in [-0.39, 0.29) is 0 Å². The number of nitrogens with one attached hydrogen (secondary N) is 1. The third-order valence-electron chi connectivity index (χ3n) is 1.20. The first kappa shape index (κ1) is 5.86. The van der Waals surface area contributed by atoms with Crippen molar-refractivity contribution in [3.63, 3.8) is 0 Å². The van der Waals surface area contributed by atoms with Crippen LogP contribution >= 0.6 is 0 Å². The van der Waals surface area contributed by atoms with Crippen LogP contribution in [-0.2, 0) is 4.79 Å². The summed E-state index contributed by atoms with van der Waals surface area (Å²) in [7, 11) is 0. The van der Waals surface area contributed by atoms with Gasteiger partial charge in [-0.3, -0.25) is 0 Å². The Balaban J connectivity index is 3.07. The van der Waals surface area contributed by atoms with Crippen LogP contribution in [0.25, 0.3) is 6.08 Å². The van der Waals surface area contributed by atoms with E-state index in [0.29, 0.717) is 0 Å². The number of hydrogen-bond acceptors (Lipinski definition) is 1. The second-order valence-corrected chi connectivity index (χ2v) is 1.84. The van der Waals surface area contributed by atoms with Gasteiger partial charge in [-0.2, -0.15) is 0 Å². The summed E-state index contributed by atoms with van der Waals surface area (Å²) in [5.74, 6) is 1.70. The van der Waals surface area contributed by atoms with Crippen LogP contribution in [0.15, 0.2) is 12.3 Å². The molecule has 9 heavy (non-hydrogen) atoms. The van der Waals surface area contributed by atoms with E-state index in [2.05, 4.69) is 4.98 Å². The van der Waals surface area contributed by atoms with Gasteiger partial charge in [-0.15, -0.1) is 0 Å². The first-order valence-corrected chi connectivity index (χ1v) is 2.69. The summed E-state index contributed by atoms with van der Waals surface area (Å²) in [6.07, 6.45) is 3.17. The van der Waals surface area contributed by atoms with Crippen LogP contribution in [0.5, 0.6) is 0 Å². The molecule has 2 nitrogen and oxygen atoms in total. The van der Waals surface area contributed by atoms with Gasteiger partial charge >= 0.3 is 0 Å². The summed E-state index contributed by atoms with van der Waals surface area (Å²) >= 11 is 0. The van der Waals surface area contributed by atoms with Gasteiger partial charge in [0.15, 0.2) is 0 Å². The number of aryl methyl sites for hydroxylation is 1. The Bertz CT molecular complexity index is 243. The molecule has 0 saturated carbocycles. The van der Waals surface area contributed by atoms with Gasteiger partial charge in [-0.05, 0) is 18.6 Å². The van der Waals surface area contributed by atoms with Gasteiger partial charge in [0.2, 0.25) is 0 Å². The highest BCUT2D eigenvalue weighted by atomic mass is 16.1. The Kier molecular flexibility index (Phi) is 1.52. The van der Waals surface area contributed by atoms with E-state index < -0.39 is 0 Å². The minimum absolute atomic E-state index is 0.838. The topological polar surface area (TPSA) is 32.9 Å². The Labute approximate surface area is 53.2 Å². The molecule has 0 aliphatic heterocycles. The quantitative estimate of drug-likeness (QED) is 0.556. The van der Waals surface area contributed by atoms with Crippen LogP contribution in [-0.4, -0.2) is 10.9 Å². The highest BCUT2D eigenvalue weighted by molar-refractivity contribution is 5.74. The van der Waals surface area contributed by atoms with E-state index in [9.17, 15) is 4.79 Å². The third-order valence-corrected chi connectivity index (χ3v) is 1.20. The fraction of sp³-hybridized carbons (Fsp3) is 0.143. The number of aromatic amines is 1. The SMILES string of the molecule is Cc1cc[nH]c1C=C=O. The summed E-state index contributed by atoms with van der Waals surface area (Å²) in [5, 5.41) is 0. The highest BCUT2D eigenvalue weighted by Crippen LogP contribution is 2.03. The molecule has 0 aliphatic carbocycles. The summed E-state index contributed by atoms with van der Waals surface area (Å²) in [6.45, 7) is 1.93. The summed E-state index contributed by atoms with van der Waals surface area (Å²) in [4.78, 5) is 12.7. The zero-order valence-corrected chi connectivity index (χ0v) is 5.14. The van der Waals surface area contributed by atoms with Crippen LogP contribution in [0, 0.1) is 6.92 Å². The van der Waals surface area contributed by atoms with Crippen molar-refractivity contribution in [2.24, 2.45) is 0 Å². The molecule has 0 fully saturated rings. The van der Waals surface area contributed by atoms with Crippen LogP contribution in [0.2, 0.25) is 0 Å². The fourth-order valence-electron chi connectivity index (χ4n) is 0.674. The zero-order chi connectivity index (χ0) is 6.69. The standard InChI is InChI=1S/C7H7NO/c1-6-2-4-8-7(6)3-5-9/h2-4,8H,1H3. The number of aromatic nitrogens is 1. The molecular formula is C7H7NO. The average Bonchev–Trinajstić information content (AvgIpc) is 2.18. The van der Waals surface area contributed by atoms with Crippen molar-refractivity contribution in [2.45, 2.75) is 6.92 Å². The maximum absolute atomic E-state index is 9.82. The van der Waals surface area contributed by atoms with E-state index in [1.165, 1.54) is 6.08 Å². The number of hydrogen-bond donors (Lipinski definition) is 1. The second-order valence-electron chi connectivity index (χ2n) is 1.84. The number of carbonyl (C=O) groups excluding carboxylic acids is 1. The van der Waals surface area contributed by atoms with Gasteiger partial charge in [-0.1, -0.05) is 0 Å². The maximum Gasteiger partial charge on any atom is 0.126 e. The van der Waals surface area contributed by atoms with E-state index in [1.807, 2.05) is 13.0 Å².